The van der Waals surface area contributed by atoms with Crippen LogP contribution in [0.15, 0.2) is 23.0 Å². The predicted molar refractivity (Wildman–Crippen MR) is 75.1 cm³/mol. The third-order valence-electron chi connectivity index (χ3n) is 3.04. The van der Waals surface area contributed by atoms with E-state index in [1.165, 1.54) is 12.4 Å². The fraction of sp³-hybridized carbons (Fsp3) is 0.308. The smallest absolute Gasteiger partial charge is 0.323 e. The number of carbonyl (C=O) groups is 1. The standard InChI is InChI=1S/C13H13ClN4O2/c1-7-11(12(20-18-7)8-2-3-8)17-13(19)16-10-4-9(14)5-15-6-10/h4-6,8H,2-3H2,1H3,(H2,16,17,19). The Morgan fingerprint density at radius 1 is 1.40 bits per heavy atom. The van der Waals surface area contributed by atoms with Crippen LogP contribution >= 0.6 is 11.6 Å². The first-order valence-corrected chi connectivity index (χ1v) is 6.66. The molecule has 3 rings (SSSR count). The number of amides is 2. The van der Waals surface area contributed by atoms with E-state index >= 15 is 0 Å². The maximum Gasteiger partial charge on any atom is 0.323 e. The summed E-state index contributed by atoms with van der Waals surface area (Å²) in [7, 11) is 0. The molecular weight excluding hydrogens is 280 g/mol. The van der Waals surface area contributed by atoms with Gasteiger partial charge in [-0.2, -0.15) is 0 Å². The van der Waals surface area contributed by atoms with Crippen LogP contribution in [0.5, 0.6) is 0 Å². The SMILES string of the molecule is Cc1noc(C2CC2)c1NC(=O)Nc1cncc(Cl)c1. The topological polar surface area (TPSA) is 80.0 Å². The van der Waals surface area contributed by atoms with Gasteiger partial charge in [0.1, 0.15) is 11.4 Å². The highest BCUT2D eigenvalue weighted by Gasteiger charge is 2.32. The first-order valence-electron chi connectivity index (χ1n) is 6.28. The highest BCUT2D eigenvalue weighted by Crippen LogP contribution is 2.44. The minimum atomic E-state index is -0.373. The zero-order valence-electron chi connectivity index (χ0n) is 10.8. The van der Waals surface area contributed by atoms with E-state index in [1.54, 1.807) is 13.0 Å². The number of urea groups is 1. The molecule has 0 spiro atoms. The van der Waals surface area contributed by atoms with Crippen molar-refractivity contribution in [1.29, 1.82) is 0 Å². The zero-order chi connectivity index (χ0) is 14.1. The number of hydrogen-bond donors (Lipinski definition) is 2. The van der Waals surface area contributed by atoms with E-state index in [0.717, 1.165) is 18.6 Å². The summed E-state index contributed by atoms with van der Waals surface area (Å²) in [6, 6.07) is 1.25. The lowest BCUT2D eigenvalue weighted by Gasteiger charge is -2.07. The Kier molecular flexibility index (Phi) is 3.31. The number of nitrogens with zero attached hydrogens (tertiary/aromatic N) is 2. The van der Waals surface area contributed by atoms with Crippen molar-refractivity contribution in [2.45, 2.75) is 25.7 Å². The minimum Gasteiger partial charge on any atom is -0.359 e. The summed E-state index contributed by atoms with van der Waals surface area (Å²) in [6.07, 6.45) is 5.17. The van der Waals surface area contributed by atoms with Crippen molar-refractivity contribution in [3.63, 3.8) is 0 Å². The van der Waals surface area contributed by atoms with E-state index in [0.29, 0.717) is 28.0 Å². The first-order chi connectivity index (χ1) is 9.63. The molecule has 0 aliphatic heterocycles. The molecule has 1 saturated carbocycles. The van der Waals surface area contributed by atoms with Gasteiger partial charge in [-0.3, -0.25) is 4.98 Å². The molecule has 0 bridgehead atoms. The van der Waals surface area contributed by atoms with Gasteiger partial charge in [-0.1, -0.05) is 16.8 Å². The lowest BCUT2D eigenvalue weighted by Crippen LogP contribution is -2.20. The molecule has 20 heavy (non-hydrogen) atoms. The normalized spacial score (nSPS) is 14.1. The van der Waals surface area contributed by atoms with Crippen molar-refractivity contribution in [1.82, 2.24) is 10.1 Å². The zero-order valence-corrected chi connectivity index (χ0v) is 11.6. The summed E-state index contributed by atoms with van der Waals surface area (Å²) in [5.74, 6) is 1.13. The Morgan fingerprint density at radius 3 is 2.90 bits per heavy atom. The van der Waals surface area contributed by atoms with Gasteiger partial charge in [-0.25, -0.2) is 4.79 Å². The molecule has 0 saturated heterocycles. The minimum absolute atomic E-state index is 0.373. The van der Waals surface area contributed by atoms with Crippen LogP contribution in [-0.4, -0.2) is 16.2 Å². The number of anilines is 2. The van der Waals surface area contributed by atoms with Gasteiger partial charge in [-0.15, -0.1) is 0 Å². The molecule has 6 nitrogen and oxygen atoms in total. The fourth-order valence-corrected chi connectivity index (χ4v) is 2.09. The van der Waals surface area contributed by atoms with Crippen molar-refractivity contribution >= 4 is 29.0 Å². The van der Waals surface area contributed by atoms with Crippen molar-refractivity contribution in [3.05, 3.63) is 34.9 Å². The average Bonchev–Trinajstić information content (AvgIpc) is 3.17. The van der Waals surface area contributed by atoms with Crippen LogP contribution in [0.25, 0.3) is 0 Å². The molecule has 2 N–H and O–H groups in total. The number of aromatic nitrogens is 2. The number of pyridine rings is 1. The van der Waals surface area contributed by atoms with E-state index in [9.17, 15) is 4.79 Å². The van der Waals surface area contributed by atoms with Gasteiger partial charge in [0.2, 0.25) is 0 Å². The Hall–Kier alpha value is -2.08. The summed E-state index contributed by atoms with van der Waals surface area (Å²) in [4.78, 5) is 15.9. The molecule has 1 aliphatic rings. The maximum absolute atomic E-state index is 12.0. The second-order valence-corrected chi connectivity index (χ2v) is 5.19. The molecule has 2 aromatic rings. The fourth-order valence-electron chi connectivity index (χ4n) is 1.92. The highest BCUT2D eigenvalue weighted by molar-refractivity contribution is 6.30. The summed E-state index contributed by atoms with van der Waals surface area (Å²) in [6.45, 7) is 1.80. The molecular formula is C13H13ClN4O2. The Bertz CT molecular complexity index is 652. The molecule has 7 heteroatoms. The summed E-state index contributed by atoms with van der Waals surface area (Å²) < 4.78 is 5.26. The number of carbonyl (C=O) groups excluding carboxylic acids is 1. The van der Waals surface area contributed by atoms with Crippen LogP contribution in [-0.2, 0) is 0 Å². The molecule has 1 fully saturated rings. The van der Waals surface area contributed by atoms with Crippen LogP contribution in [0.1, 0.15) is 30.2 Å². The highest BCUT2D eigenvalue weighted by atomic mass is 35.5. The molecule has 1 aliphatic carbocycles. The number of hydrogen-bond acceptors (Lipinski definition) is 4. The Morgan fingerprint density at radius 2 is 2.20 bits per heavy atom. The van der Waals surface area contributed by atoms with Gasteiger partial charge in [0.25, 0.3) is 0 Å². The molecule has 0 atom stereocenters. The Labute approximate surface area is 120 Å². The van der Waals surface area contributed by atoms with Crippen LogP contribution in [0.3, 0.4) is 0 Å². The van der Waals surface area contributed by atoms with Crippen molar-refractivity contribution in [2.24, 2.45) is 0 Å². The predicted octanol–water partition coefficient (Wildman–Crippen LogP) is 3.55. The third kappa shape index (κ3) is 2.75. The number of rotatable bonds is 3. The first kappa shape index (κ1) is 12.9. The van der Waals surface area contributed by atoms with Gasteiger partial charge in [0.15, 0.2) is 5.76 Å². The van der Waals surface area contributed by atoms with E-state index in [4.69, 9.17) is 16.1 Å². The lowest BCUT2D eigenvalue weighted by atomic mass is 10.2. The summed E-state index contributed by atoms with van der Waals surface area (Å²) >= 11 is 5.81. The van der Waals surface area contributed by atoms with Crippen molar-refractivity contribution < 1.29 is 9.32 Å². The molecule has 104 valence electrons. The Balaban J connectivity index is 1.71. The van der Waals surface area contributed by atoms with Gasteiger partial charge >= 0.3 is 6.03 Å². The molecule has 0 unspecified atom stereocenters. The lowest BCUT2D eigenvalue weighted by molar-refractivity contribution is 0.262. The number of halogens is 1. The third-order valence-corrected chi connectivity index (χ3v) is 3.25. The average molecular weight is 293 g/mol. The molecule has 0 aromatic carbocycles. The monoisotopic (exact) mass is 292 g/mol. The molecule has 2 heterocycles. The van der Waals surface area contributed by atoms with E-state index < -0.39 is 0 Å². The van der Waals surface area contributed by atoms with E-state index in [1.807, 2.05) is 0 Å². The van der Waals surface area contributed by atoms with E-state index in [2.05, 4.69) is 20.8 Å². The summed E-state index contributed by atoms with van der Waals surface area (Å²) in [5.41, 5.74) is 1.85. The van der Waals surface area contributed by atoms with Gasteiger partial charge in [-0.05, 0) is 25.8 Å². The van der Waals surface area contributed by atoms with Crippen LogP contribution in [0.2, 0.25) is 5.02 Å². The molecule has 0 radical (unpaired) electrons. The maximum atomic E-state index is 12.0. The van der Waals surface area contributed by atoms with Crippen molar-refractivity contribution in [3.8, 4) is 0 Å². The van der Waals surface area contributed by atoms with Crippen LogP contribution in [0.4, 0.5) is 16.2 Å². The largest absolute Gasteiger partial charge is 0.359 e. The van der Waals surface area contributed by atoms with E-state index in [-0.39, 0.29) is 6.03 Å². The quantitative estimate of drug-likeness (QED) is 0.906. The summed E-state index contributed by atoms with van der Waals surface area (Å²) in [5, 5.41) is 9.80. The van der Waals surface area contributed by atoms with Crippen molar-refractivity contribution in [2.75, 3.05) is 10.6 Å². The number of nitrogens with one attached hydrogen (secondary N) is 2. The molecule has 2 aromatic heterocycles. The van der Waals surface area contributed by atoms with Crippen LogP contribution < -0.4 is 10.6 Å². The number of aryl methyl sites for hydroxylation is 1. The second kappa shape index (κ2) is 5.13. The van der Waals surface area contributed by atoms with Gasteiger partial charge in [0.05, 0.1) is 16.9 Å². The molecule has 2 amide bonds. The van der Waals surface area contributed by atoms with Gasteiger partial charge < -0.3 is 15.2 Å². The second-order valence-electron chi connectivity index (χ2n) is 4.75. The van der Waals surface area contributed by atoms with Crippen LogP contribution in [0, 0.1) is 6.92 Å². The van der Waals surface area contributed by atoms with Gasteiger partial charge in [0, 0.05) is 12.1 Å².